The van der Waals surface area contributed by atoms with E-state index >= 15 is 0 Å². The fourth-order valence-electron chi connectivity index (χ4n) is 1.36. The molecule has 1 aromatic heterocycles. The minimum Gasteiger partial charge on any atom is -0.395 e. The summed E-state index contributed by atoms with van der Waals surface area (Å²) in [4.78, 5) is 9.54. The molecule has 0 saturated heterocycles. The van der Waals surface area contributed by atoms with E-state index in [1.165, 1.54) is 12.8 Å². The van der Waals surface area contributed by atoms with Crippen molar-refractivity contribution < 1.29 is 5.11 Å². The predicted molar refractivity (Wildman–Crippen MR) is 50.9 cm³/mol. The Bertz CT molecular complexity index is 280. The van der Waals surface area contributed by atoms with Crippen LogP contribution in [0.1, 0.15) is 24.6 Å². The molecule has 4 heteroatoms. The van der Waals surface area contributed by atoms with Crippen molar-refractivity contribution in [1.29, 1.82) is 0 Å². The Morgan fingerprint density at radius 1 is 1.69 bits per heavy atom. The molecule has 0 atom stereocenters. The largest absolute Gasteiger partial charge is 0.395 e. The van der Waals surface area contributed by atoms with E-state index < -0.39 is 0 Å². The van der Waals surface area contributed by atoms with Gasteiger partial charge in [-0.05, 0) is 12.8 Å². The van der Waals surface area contributed by atoms with E-state index in [0.717, 1.165) is 11.6 Å². The number of nitrogens with one attached hydrogen (secondary N) is 1. The number of anilines is 1. The Balaban J connectivity index is 2.03. The lowest BCUT2D eigenvalue weighted by atomic mass is 10.4. The van der Waals surface area contributed by atoms with Crippen LogP contribution in [0.25, 0.3) is 0 Å². The first-order valence-corrected chi connectivity index (χ1v) is 4.68. The van der Waals surface area contributed by atoms with Crippen LogP contribution in [-0.2, 0) is 0 Å². The lowest BCUT2D eigenvalue weighted by Crippen LogP contribution is -2.21. The third kappa shape index (κ3) is 1.83. The molecule has 0 unspecified atom stereocenters. The highest BCUT2D eigenvalue weighted by atomic mass is 16.3. The summed E-state index contributed by atoms with van der Waals surface area (Å²) in [5, 5.41) is 8.75. The quantitative estimate of drug-likeness (QED) is 0.719. The molecule has 0 aliphatic heterocycles. The van der Waals surface area contributed by atoms with E-state index in [2.05, 4.69) is 9.97 Å². The molecule has 13 heavy (non-hydrogen) atoms. The normalized spacial score (nSPS) is 16.2. The fourth-order valence-corrected chi connectivity index (χ4v) is 1.36. The van der Waals surface area contributed by atoms with Crippen LogP contribution >= 0.6 is 0 Å². The summed E-state index contributed by atoms with van der Waals surface area (Å²) < 4.78 is 0. The molecule has 0 radical (unpaired) electrons. The molecular weight excluding hydrogens is 166 g/mol. The highest BCUT2D eigenvalue weighted by molar-refractivity contribution is 5.36. The van der Waals surface area contributed by atoms with Gasteiger partial charge in [0, 0.05) is 19.5 Å². The molecule has 1 heterocycles. The molecule has 2 rings (SSSR count). The number of aliphatic hydroxyl groups is 1. The maximum Gasteiger partial charge on any atom is 0.125 e. The molecule has 0 bridgehead atoms. The van der Waals surface area contributed by atoms with Gasteiger partial charge in [0.1, 0.15) is 11.6 Å². The molecule has 72 valence electrons. The summed E-state index contributed by atoms with van der Waals surface area (Å²) in [6.45, 7) is 0.820. The number of H-pyrrole nitrogens is 1. The maximum absolute atomic E-state index is 8.75. The fraction of sp³-hybridized carbons (Fsp3) is 0.667. The van der Waals surface area contributed by atoms with Gasteiger partial charge in [0.05, 0.1) is 12.8 Å². The van der Waals surface area contributed by atoms with Crippen molar-refractivity contribution in [2.75, 3.05) is 25.1 Å². The van der Waals surface area contributed by atoms with Gasteiger partial charge in [-0.15, -0.1) is 0 Å². The molecule has 1 saturated carbocycles. The van der Waals surface area contributed by atoms with Crippen molar-refractivity contribution in [3.05, 3.63) is 12.0 Å². The van der Waals surface area contributed by atoms with E-state index in [9.17, 15) is 0 Å². The van der Waals surface area contributed by atoms with E-state index in [4.69, 9.17) is 5.11 Å². The summed E-state index contributed by atoms with van der Waals surface area (Å²) in [5.41, 5.74) is 0. The van der Waals surface area contributed by atoms with Gasteiger partial charge in [-0.3, -0.25) is 0 Å². The third-order valence-electron chi connectivity index (χ3n) is 2.39. The first-order chi connectivity index (χ1) is 6.31. The Morgan fingerprint density at radius 3 is 3.08 bits per heavy atom. The number of imidazole rings is 1. The monoisotopic (exact) mass is 181 g/mol. The zero-order chi connectivity index (χ0) is 9.26. The minimum atomic E-state index is 0.175. The molecule has 0 amide bonds. The molecule has 1 aromatic rings. The second-order valence-electron chi connectivity index (χ2n) is 3.57. The average Bonchev–Trinajstić information content (AvgIpc) is 2.84. The second kappa shape index (κ2) is 3.38. The SMILES string of the molecule is CN(CCO)c1cnc(C2CC2)[nH]1. The van der Waals surface area contributed by atoms with Crippen molar-refractivity contribution in [2.24, 2.45) is 0 Å². The molecule has 1 aliphatic rings. The van der Waals surface area contributed by atoms with Crippen molar-refractivity contribution in [3.63, 3.8) is 0 Å². The molecule has 2 N–H and O–H groups in total. The maximum atomic E-state index is 8.75. The number of hydrogen-bond acceptors (Lipinski definition) is 3. The smallest absolute Gasteiger partial charge is 0.125 e. The van der Waals surface area contributed by atoms with Crippen LogP contribution in [-0.4, -0.2) is 35.3 Å². The van der Waals surface area contributed by atoms with Crippen LogP contribution in [0.4, 0.5) is 5.82 Å². The molecule has 1 aliphatic carbocycles. The van der Waals surface area contributed by atoms with Crippen LogP contribution < -0.4 is 4.90 Å². The first kappa shape index (κ1) is 8.56. The number of aliphatic hydroxyl groups excluding tert-OH is 1. The summed E-state index contributed by atoms with van der Waals surface area (Å²) in [6.07, 6.45) is 4.36. The summed E-state index contributed by atoms with van der Waals surface area (Å²) in [5.74, 6) is 2.76. The molecule has 0 spiro atoms. The lowest BCUT2D eigenvalue weighted by molar-refractivity contribution is 0.304. The number of likely N-dealkylation sites (N-methyl/N-ethyl adjacent to an activating group) is 1. The summed E-state index contributed by atoms with van der Waals surface area (Å²) in [7, 11) is 1.94. The van der Waals surface area contributed by atoms with Gasteiger partial charge in [0.2, 0.25) is 0 Å². The molecule has 1 fully saturated rings. The van der Waals surface area contributed by atoms with Gasteiger partial charge in [0.15, 0.2) is 0 Å². The van der Waals surface area contributed by atoms with E-state index in [-0.39, 0.29) is 6.61 Å². The van der Waals surface area contributed by atoms with Crippen LogP contribution in [0.5, 0.6) is 0 Å². The minimum absolute atomic E-state index is 0.175. The topological polar surface area (TPSA) is 52.1 Å². The Hall–Kier alpha value is -1.03. The van der Waals surface area contributed by atoms with Crippen molar-refractivity contribution in [3.8, 4) is 0 Å². The average molecular weight is 181 g/mol. The first-order valence-electron chi connectivity index (χ1n) is 4.68. The molecular formula is C9H15N3O. The lowest BCUT2D eigenvalue weighted by Gasteiger charge is -2.14. The van der Waals surface area contributed by atoms with E-state index in [1.807, 2.05) is 18.1 Å². The van der Waals surface area contributed by atoms with Crippen LogP contribution in [0.3, 0.4) is 0 Å². The van der Waals surface area contributed by atoms with Crippen LogP contribution in [0.15, 0.2) is 6.20 Å². The molecule has 4 nitrogen and oxygen atoms in total. The number of hydrogen-bond donors (Lipinski definition) is 2. The number of aromatic nitrogens is 2. The van der Waals surface area contributed by atoms with Crippen molar-refractivity contribution in [2.45, 2.75) is 18.8 Å². The highest BCUT2D eigenvalue weighted by Crippen LogP contribution is 2.38. The van der Waals surface area contributed by atoms with Gasteiger partial charge >= 0.3 is 0 Å². The van der Waals surface area contributed by atoms with Gasteiger partial charge in [-0.1, -0.05) is 0 Å². The highest BCUT2D eigenvalue weighted by Gasteiger charge is 2.26. The van der Waals surface area contributed by atoms with Gasteiger partial charge in [-0.2, -0.15) is 0 Å². The third-order valence-corrected chi connectivity index (χ3v) is 2.39. The van der Waals surface area contributed by atoms with E-state index in [1.54, 1.807) is 0 Å². The van der Waals surface area contributed by atoms with Crippen molar-refractivity contribution in [1.82, 2.24) is 9.97 Å². The van der Waals surface area contributed by atoms with Gasteiger partial charge in [0.25, 0.3) is 0 Å². The number of rotatable bonds is 4. The Morgan fingerprint density at radius 2 is 2.46 bits per heavy atom. The second-order valence-corrected chi connectivity index (χ2v) is 3.57. The zero-order valence-electron chi connectivity index (χ0n) is 7.82. The number of nitrogens with zero attached hydrogens (tertiary/aromatic N) is 2. The number of aromatic amines is 1. The predicted octanol–water partition coefficient (Wildman–Crippen LogP) is 0.716. The zero-order valence-corrected chi connectivity index (χ0v) is 7.82. The van der Waals surface area contributed by atoms with Crippen molar-refractivity contribution >= 4 is 5.82 Å². The Labute approximate surface area is 77.6 Å². The van der Waals surface area contributed by atoms with Crippen LogP contribution in [0, 0.1) is 0 Å². The Kier molecular flexibility index (Phi) is 2.22. The van der Waals surface area contributed by atoms with Gasteiger partial charge < -0.3 is 15.0 Å². The van der Waals surface area contributed by atoms with E-state index in [0.29, 0.717) is 12.5 Å². The summed E-state index contributed by atoms with van der Waals surface area (Å²) >= 11 is 0. The standard InChI is InChI=1S/C9H15N3O/c1-12(4-5-13)8-6-10-9(11-8)7-2-3-7/h6-7,13H,2-5H2,1H3,(H,10,11). The summed E-state index contributed by atoms with van der Waals surface area (Å²) in [6, 6.07) is 0. The molecule has 0 aromatic carbocycles. The van der Waals surface area contributed by atoms with Gasteiger partial charge in [-0.25, -0.2) is 4.98 Å². The van der Waals surface area contributed by atoms with Crippen LogP contribution in [0.2, 0.25) is 0 Å².